The summed E-state index contributed by atoms with van der Waals surface area (Å²) in [7, 11) is 0. The van der Waals surface area contributed by atoms with Crippen LogP contribution in [0.4, 0.5) is 5.69 Å². The van der Waals surface area contributed by atoms with E-state index in [4.69, 9.17) is 0 Å². The van der Waals surface area contributed by atoms with Crippen LogP contribution in [0.1, 0.15) is 12.0 Å². The highest BCUT2D eigenvalue weighted by molar-refractivity contribution is 9.10. The van der Waals surface area contributed by atoms with Crippen LogP contribution < -0.4 is 5.32 Å². The van der Waals surface area contributed by atoms with Crippen LogP contribution in [0.5, 0.6) is 0 Å². The minimum absolute atomic E-state index is 0.0196. The monoisotopic (exact) mass is 357 g/mol. The molecule has 0 saturated carbocycles. The van der Waals surface area contributed by atoms with Crippen LogP contribution in [-0.4, -0.2) is 29.7 Å². The Morgan fingerprint density at radius 3 is 2.59 bits per heavy atom. The number of rotatable bonds is 4. The number of hydrogen-bond donors (Lipinski definition) is 1. The molecule has 1 N–H and O–H groups in total. The zero-order valence-electron chi connectivity index (χ0n) is 12.0. The number of hydrazone groups is 1. The summed E-state index contributed by atoms with van der Waals surface area (Å²) >= 11 is 3.39. The molecule has 0 aromatic heterocycles. The third kappa shape index (κ3) is 3.54. The van der Waals surface area contributed by atoms with Crippen LogP contribution in [0, 0.1) is 0 Å². The maximum Gasteiger partial charge on any atom is 0.261 e. The van der Waals surface area contributed by atoms with E-state index in [1.54, 1.807) is 5.01 Å². The Hall–Kier alpha value is -2.14. The average Bonchev–Trinajstić information content (AvgIpc) is 3.05. The van der Waals surface area contributed by atoms with Gasteiger partial charge in [0.25, 0.3) is 5.91 Å². The van der Waals surface area contributed by atoms with E-state index in [1.807, 2.05) is 54.6 Å². The predicted molar refractivity (Wildman–Crippen MR) is 91.9 cm³/mol. The van der Waals surface area contributed by atoms with E-state index in [0.29, 0.717) is 6.54 Å². The number of nitrogens with one attached hydrogen (secondary N) is 1. The zero-order chi connectivity index (χ0) is 15.4. The summed E-state index contributed by atoms with van der Waals surface area (Å²) in [6, 6.07) is 17.7. The standard InChI is InChI=1S/C17H16BrN3O/c18-14-6-8-15(9-7-14)19-12-17(22)21-11-10-16(20-21)13-4-2-1-3-5-13/h1-9,19H,10-12H2. The highest BCUT2D eigenvalue weighted by atomic mass is 79.9. The van der Waals surface area contributed by atoms with E-state index in [2.05, 4.69) is 26.3 Å². The van der Waals surface area contributed by atoms with Crippen molar-refractivity contribution in [1.29, 1.82) is 0 Å². The molecule has 1 amide bonds. The van der Waals surface area contributed by atoms with Crippen molar-refractivity contribution in [2.45, 2.75) is 6.42 Å². The van der Waals surface area contributed by atoms with Crippen molar-refractivity contribution in [1.82, 2.24) is 5.01 Å². The molecule has 5 heteroatoms. The lowest BCUT2D eigenvalue weighted by atomic mass is 10.1. The van der Waals surface area contributed by atoms with Crippen molar-refractivity contribution in [2.75, 3.05) is 18.4 Å². The maximum atomic E-state index is 12.2. The molecule has 2 aromatic carbocycles. The fourth-order valence-electron chi connectivity index (χ4n) is 2.31. The van der Waals surface area contributed by atoms with E-state index in [9.17, 15) is 4.79 Å². The molecule has 0 unspecified atom stereocenters. The van der Waals surface area contributed by atoms with Gasteiger partial charge in [0.2, 0.25) is 0 Å². The fraction of sp³-hybridized carbons (Fsp3) is 0.176. The van der Waals surface area contributed by atoms with E-state index in [1.165, 1.54) is 0 Å². The van der Waals surface area contributed by atoms with Crippen molar-refractivity contribution in [3.63, 3.8) is 0 Å². The summed E-state index contributed by atoms with van der Waals surface area (Å²) < 4.78 is 1.01. The third-order valence-electron chi connectivity index (χ3n) is 3.48. The molecule has 0 radical (unpaired) electrons. The second-order valence-corrected chi connectivity index (χ2v) is 5.96. The lowest BCUT2D eigenvalue weighted by Gasteiger charge is -2.12. The summed E-state index contributed by atoms with van der Waals surface area (Å²) in [4.78, 5) is 12.2. The molecule has 22 heavy (non-hydrogen) atoms. The SMILES string of the molecule is O=C(CNc1ccc(Br)cc1)N1CCC(c2ccccc2)=N1. The smallest absolute Gasteiger partial charge is 0.261 e. The number of halogens is 1. The highest BCUT2D eigenvalue weighted by Gasteiger charge is 2.21. The van der Waals surface area contributed by atoms with Crippen LogP contribution in [0.3, 0.4) is 0 Å². The van der Waals surface area contributed by atoms with E-state index >= 15 is 0 Å². The van der Waals surface area contributed by atoms with E-state index in [0.717, 1.165) is 27.9 Å². The molecule has 1 heterocycles. The zero-order valence-corrected chi connectivity index (χ0v) is 13.6. The second-order valence-electron chi connectivity index (χ2n) is 5.04. The number of anilines is 1. The molecular weight excluding hydrogens is 342 g/mol. The molecule has 0 spiro atoms. The van der Waals surface area contributed by atoms with E-state index < -0.39 is 0 Å². The minimum atomic E-state index is -0.0196. The quantitative estimate of drug-likeness (QED) is 0.909. The van der Waals surface area contributed by atoms with Crippen molar-refractivity contribution >= 4 is 33.2 Å². The van der Waals surface area contributed by atoms with Gasteiger partial charge in [-0.3, -0.25) is 4.79 Å². The first-order chi connectivity index (χ1) is 10.7. The Labute approximate surface area is 138 Å². The van der Waals surface area contributed by atoms with Gasteiger partial charge in [0, 0.05) is 16.6 Å². The molecule has 1 aliphatic rings. The second kappa shape index (κ2) is 6.75. The molecule has 0 fully saturated rings. The summed E-state index contributed by atoms with van der Waals surface area (Å²) in [5.41, 5.74) is 2.97. The van der Waals surface area contributed by atoms with Crippen LogP contribution in [0.2, 0.25) is 0 Å². The molecule has 3 rings (SSSR count). The molecule has 0 bridgehead atoms. The number of benzene rings is 2. The van der Waals surface area contributed by atoms with Gasteiger partial charge in [-0.05, 0) is 29.8 Å². The average molecular weight is 358 g/mol. The molecule has 0 aliphatic carbocycles. The predicted octanol–water partition coefficient (Wildman–Crippen LogP) is 3.50. The Bertz CT molecular complexity index is 683. The van der Waals surface area contributed by atoms with Gasteiger partial charge in [0.15, 0.2) is 0 Å². The highest BCUT2D eigenvalue weighted by Crippen LogP contribution is 2.15. The molecule has 4 nitrogen and oxygen atoms in total. The van der Waals surface area contributed by atoms with Crippen LogP contribution >= 0.6 is 15.9 Å². The van der Waals surface area contributed by atoms with Gasteiger partial charge in [-0.25, -0.2) is 5.01 Å². The van der Waals surface area contributed by atoms with Gasteiger partial charge in [0.1, 0.15) is 0 Å². The molecule has 0 saturated heterocycles. The summed E-state index contributed by atoms with van der Waals surface area (Å²) in [5.74, 6) is -0.0196. The number of hydrogen-bond acceptors (Lipinski definition) is 3. The Morgan fingerprint density at radius 2 is 1.86 bits per heavy atom. The number of amides is 1. The first kappa shape index (κ1) is 14.8. The van der Waals surface area contributed by atoms with Crippen molar-refractivity contribution < 1.29 is 4.79 Å². The van der Waals surface area contributed by atoms with Gasteiger partial charge in [-0.1, -0.05) is 46.3 Å². The summed E-state index contributed by atoms with van der Waals surface area (Å²) in [6.45, 7) is 0.887. The number of carbonyl (C=O) groups is 1. The molecule has 2 aromatic rings. The Balaban J connectivity index is 1.59. The molecular formula is C17H16BrN3O. The van der Waals surface area contributed by atoms with Crippen molar-refractivity contribution in [2.24, 2.45) is 5.10 Å². The molecule has 0 atom stereocenters. The van der Waals surface area contributed by atoms with Crippen LogP contribution in [0.25, 0.3) is 0 Å². The molecule has 112 valence electrons. The number of carbonyl (C=O) groups excluding carboxylic acids is 1. The van der Waals surface area contributed by atoms with Gasteiger partial charge < -0.3 is 5.32 Å². The fourth-order valence-corrected chi connectivity index (χ4v) is 2.57. The van der Waals surface area contributed by atoms with Crippen molar-refractivity contribution in [3.8, 4) is 0 Å². The number of nitrogens with zero attached hydrogens (tertiary/aromatic N) is 2. The molecule has 1 aliphatic heterocycles. The maximum absolute atomic E-state index is 12.2. The van der Waals surface area contributed by atoms with Gasteiger partial charge >= 0.3 is 0 Å². The minimum Gasteiger partial charge on any atom is -0.376 e. The first-order valence-electron chi connectivity index (χ1n) is 7.15. The lowest BCUT2D eigenvalue weighted by Crippen LogP contribution is -2.29. The van der Waals surface area contributed by atoms with Gasteiger partial charge in [0.05, 0.1) is 18.8 Å². The Morgan fingerprint density at radius 1 is 1.14 bits per heavy atom. The summed E-state index contributed by atoms with van der Waals surface area (Å²) in [5, 5.41) is 9.11. The van der Waals surface area contributed by atoms with Crippen LogP contribution in [-0.2, 0) is 4.79 Å². The lowest BCUT2D eigenvalue weighted by molar-refractivity contribution is -0.128. The van der Waals surface area contributed by atoms with E-state index in [-0.39, 0.29) is 12.5 Å². The van der Waals surface area contributed by atoms with Crippen molar-refractivity contribution in [3.05, 3.63) is 64.6 Å². The third-order valence-corrected chi connectivity index (χ3v) is 4.01. The largest absolute Gasteiger partial charge is 0.376 e. The summed E-state index contributed by atoms with van der Waals surface area (Å²) in [6.07, 6.45) is 0.800. The Kier molecular flexibility index (Phi) is 4.53. The topological polar surface area (TPSA) is 44.7 Å². The first-order valence-corrected chi connectivity index (χ1v) is 7.94. The van der Waals surface area contributed by atoms with Gasteiger partial charge in [-0.2, -0.15) is 5.10 Å². The van der Waals surface area contributed by atoms with Gasteiger partial charge in [-0.15, -0.1) is 0 Å². The van der Waals surface area contributed by atoms with Crippen LogP contribution in [0.15, 0.2) is 64.2 Å². The normalized spacial score (nSPS) is 13.9.